The van der Waals surface area contributed by atoms with Crippen molar-refractivity contribution in [2.75, 3.05) is 6.61 Å². The fourth-order valence-electron chi connectivity index (χ4n) is 1.31. The molecule has 1 atom stereocenters. The SMILES string of the molecule is C[C@@H](O)c1ccc(OCCCC(F)(F)F)cc1. The van der Waals surface area contributed by atoms with Crippen LogP contribution in [0.5, 0.6) is 5.75 Å². The monoisotopic (exact) mass is 248 g/mol. The van der Waals surface area contributed by atoms with E-state index in [9.17, 15) is 18.3 Å². The quantitative estimate of drug-likeness (QED) is 0.808. The van der Waals surface area contributed by atoms with Crippen molar-refractivity contribution in [1.29, 1.82) is 0 Å². The smallest absolute Gasteiger partial charge is 0.389 e. The minimum absolute atomic E-state index is 0.0353. The number of rotatable bonds is 5. The van der Waals surface area contributed by atoms with Crippen molar-refractivity contribution in [2.24, 2.45) is 0 Å². The summed E-state index contributed by atoms with van der Waals surface area (Å²) in [6, 6.07) is 6.64. The van der Waals surface area contributed by atoms with Crippen molar-refractivity contribution in [3.63, 3.8) is 0 Å². The molecule has 0 radical (unpaired) electrons. The Hall–Kier alpha value is -1.23. The number of aliphatic hydroxyl groups is 1. The van der Waals surface area contributed by atoms with E-state index >= 15 is 0 Å². The van der Waals surface area contributed by atoms with Crippen molar-refractivity contribution >= 4 is 0 Å². The summed E-state index contributed by atoms with van der Waals surface area (Å²) < 4.78 is 40.7. The molecule has 17 heavy (non-hydrogen) atoms. The molecular weight excluding hydrogens is 233 g/mol. The number of hydrogen-bond donors (Lipinski definition) is 1. The van der Waals surface area contributed by atoms with E-state index in [1.165, 1.54) is 0 Å². The van der Waals surface area contributed by atoms with Gasteiger partial charge >= 0.3 is 6.18 Å². The Balaban J connectivity index is 2.33. The lowest BCUT2D eigenvalue weighted by molar-refractivity contribution is -0.136. The molecule has 2 nitrogen and oxygen atoms in total. The van der Waals surface area contributed by atoms with E-state index in [0.717, 1.165) is 5.56 Å². The number of benzene rings is 1. The van der Waals surface area contributed by atoms with Crippen molar-refractivity contribution in [3.05, 3.63) is 29.8 Å². The molecule has 5 heteroatoms. The fraction of sp³-hybridized carbons (Fsp3) is 0.500. The molecule has 0 aromatic heterocycles. The van der Waals surface area contributed by atoms with E-state index in [1.54, 1.807) is 31.2 Å². The van der Waals surface area contributed by atoms with E-state index < -0.39 is 18.7 Å². The van der Waals surface area contributed by atoms with Gasteiger partial charge in [0, 0.05) is 6.42 Å². The van der Waals surface area contributed by atoms with E-state index in [-0.39, 0.29) is 13.0 Å². The first-order valence-corrected chi connectivity index (χ1v) is 5.36. The topological polar surface area (TPSA) is 29.5 Å². The van der Waals surface area contributed by atoms with Crippen molar-refractivity contribution in [3.8, 4) is 5.75 Å². The predicted molar refractivity (Wildman–Crippen MR) is 57.9 cm³/mol. The van der Waals surface area contributed by atoms with Crippen LogP contribution in [-0.2, 0) is 0 Å². The lowest BCUT2D eigenvalue weighted by Crippen LogP contribution is -2.09. The number of ether oxygens (including phenoxy) is 1. The molecule has 0 aliphatic carbocycles. The van der Waals surface area contributed by atoms with Crippen LogP contribution in [-0.4, -0.2) is 17.9 Å². The molecule has 1 N–H and O–H groups in total. The van der Waals surface area contributed by atoms with Crippen LogP contribution in [0.3, 0.4) is 0 Å². The molecule has 0 aliphatic rings. The summed E-state index contributed by atoms with van der Waals surface area (Å²) in [4.78, 5) is 0. The predicted octanol–water partition coefficient (Wildman–Crippen LogP) is 3.46. The van der Waals surface area contributed by atoms with Gasteiger partial charge in [-0.3, -0.25) is 0 Å². The molecule has 1 aromatic rings. The first-order chi connectivity index (χ1) is 7.88. The van der Waals surface area contributed by atoms with Gasteiger partial charge in [-0.1, -0.05) is 12.1 Å². The van der Waals surface area contributed by atoms with Crippen molar-refractivity contribution in [2.45, 2.75) is 32.0 Å². The van der Waals surface area contributed by atoms with Crippen LogP contribution in [0.25, 0.3) is 0 Å². The number of alkyl halides is 3. The van der Waals surface area contributed by atoms with Crippen molar-refractivity contribution < 1.29 is 23.0 Å². The average molecular weight is 248 g/mol. The third-order valence-electron chi connectivity index (χ3n) is 2.24. The largest absolute Gasteiger partial charge is 0.494 e. The van der Waals surface area contributed by atoms with Gasteiger partial charge in [0.2, 0.25) is 0 Å². The minimum atomic E-state index is -4.13. The summed E-state index contributed by atoms with van der Waals surface area (Å²) in [5.74, 6) is 0.511. The summed E-state index contributed by atoms with van der Waals surface area (Å²) in [7, 11) is 0. The summed E-state index contributed by atoms with van der Waals surface area (Å²) in [6.45, 7) is 1.67. The van der Waals surface area contributed by atoms with Gasteiger partial charge in [0.1, 0.15) is 5.75 Å². The Labute approximate surface area is 98.0 Å². The van der Waals surface area contributed by atoms with E-state index in [1.807, 2.05) is 0 Å². The number of aliphatic hydroxyl groups excluding tert-OH is 1. The maximum atomic E-state index is 11.8. The summed E-state index contributed by atoms with van der Waals surface area (Å²) in [5.41, 5.74) is 0.743. The Morgan fingerprint density at radius 1 is 1.24 bits per heavy atom. The van der Waals surface area contributed by atoms with Crippen LogP contribution in [0.2, 0.25) is 0 Å². The Kier molecular flexibility index (Phi) is 4.81. The molecular formula is C12H15F3O2. The Morgan fingerprint density at radius 3 is 2.29 bits per heavy atom. The third-order valence-corrected chi connectivity index (χ3v) is 2.24. The highest BCUT2D eigenvalue weighted by Crippen LogP contribution is 2.22. The zero-order valence-electron chi connectivity index (χ0n) is 9.50. The van der Waals surface area contributed by atoms with Crippen LogP contribution in [0.4, 0.5) is 13.2 Å². The zero-order chi connectivity index (χ0) is 12.9. The Morgan fingerprint density at radius 2 is 1.82 bits per heavy atom. The highest BCUT2D eigenvalue weighted by atomic mass is 19.4. The molecule has 0 bridgehead atoms. The van der Waals surface area contributed by atoms with Gasteiger partial charge in [-0.15, -0.1) is 0 Å². The number of halogens is 3. The van der Waals surface area contributed by atoms with E-state index in [2.05, 4.69) is 0 Å². The molecule has 0 fully saturated rings. The molecule has 0 spiro atoms. The van der Waals surface area contributed by atoms with E-state index in [4.69, 9.17) is 4.74 Å². The highest BCUT2D eigenvalue weighted by Gasteiger charge is 2.26. The fourth-order valence-corrected chi connectivity index (χ4v) is 1.31. The molecule has 0 aliphatic heterocycles. The molecule has 1 aromatic carbocycles. The first kappa shape index (κ1) is 13.8. The van der Waals surface area contributed by atoms with Gasteiger partial charge in [0.25, 0.3) is 0 Å². The molecule has 1 rings (SSSR count). The molecule has 0 unspecified atom stereocenters. The third kappa shape index (κ3) is 5.58. The second kappa shape index (κ2) is 5.91. The van der Waals surface area contributed by atoms with Crippen LogP contribution in [0.1, 0.15) is 31.4 Å². The van der Waals surface area contributed by atoms with Crippen LogP contribution >= 0.6 is 0 Å². The van der Waals surface area contributed by atoms with Crippen LogP contribution in [0.15, 0.2) is 24.3 Å². The normalized spacial score (nSPS) is 13.5. The zero-order valence-corrected chi connectivity index (χ0v) is 9.50. The molecule has 0 amide bonds. The van der Waals surface area contributed by atoms with Gasteiger partial charge in [0.05, 0.1) is 12.7 Å². The lowest BCUT2D eigenvalue weighted by atomic mass is 10.1. The van der Waals surface area contributed by atoms with Crippen LogP contribution in [0, 0.1) is 0 Å². The molecule has 0 saturated heterocycles. The van der Waals surface area contributed by atoms with E-state index in [0.29, 0.717) is 5.75 Å². The summed E-state index contributed by atoms with van der Waals surface area (Å²) in [5, 5.41) is 9.25. The van der Waals surface area contributed by atoms with Gasteiger partial charge in [-0.25, -0.2) is 0 Å². The first-order valence-electron chi connectivity index (χ1n) is 5.36. The second-order valence-electron chi connectivity index (χ2n) is 3.81. The standard InChI is InChI=1S/C12H15F3O2/c1-9(16)10-3-5-11(6-4-10)17-8-2-7-12(13,14)15/h3-6,9,16H,2,7-8H2,1H3/t9-/m1/s1. The summed E-state index contributed by atoms with van der Waals surface area (Å²) >= 11 is 0. The summed E-state index contributed by atoms with van der Waals surface area (Å²) in [6.07, 6.45) is -5.57. The second-order valence-corrected chi connectivity index (χ2v) is 3.81. The van der Waals surface area contributed by atoms with Crippen LogP contribution < -0.4 is 4.74 Å². The molecule has 96 valence electrons. The lowest BCUT2D eigenvalue weighted by Gasteiger charge is -2.09. The van der Waals surface area contributed by atoms with Gasteiger partial charge < -0.3 is 9.84 Å². The molecule has 0 saturated carbocycles. The maximum absolute atomic E-state index is 11.8. The maximum Gasteiger partial charge on any atom is 0.389 e. The highest BCUT2D eigenvalue weighted by molar-refractivity contribution is 5.28. The van der Waals surface area contributed by atoms with Gasteiger partial charge in [-0.05, 0) is 31.0 Å². The van der Waals surface area contributed by atoms with Gasteiger partial charge in [0.15, 0.2) is 0 Å². The Bertz CT molecular complexity index is 331. The van der Waals surface area contributed by atoms with Gasteiger partial charge in [-0.2, -0.15) is 13.2 Å². The minimum Gasteiger partial charge on any atom is -0.494 e. The average Bonchev–Trinajstić information content (AvgIpc) is 2.24. The molecule has 0 heterocycles. The number of hydrogen-bond acceptors (Lipinski definition) is 2. The van der Waals surface area contributed by atoms with Crippen molar-refractivity contribution in [1.82, 2.24) is 0 Å².